The second-order valence-corrected chi connectivity index (χ2v) is 7.19. The van der Waals surface area contributed by atoms with E-state index in [2.05, 4.69) is 17.1 Å². The lowest BCUT2D eigenvalue weighted by Gasteiger charge is -2.23. The Morgan fingerprint density at radius 2 is 1.90 bits per heavy atom. The van der Waals surface area contributed by atoms with Gasteiger partial charge in [-0.2, -0.15) is 0 Å². The van der Waals surface area contributed by atoms with E-state index in [9.17, 15) is 4.79 Å². The van der Waals surface area contributed by atoms with Crippen LogP contribution in [0.5, 0.6) is 11.5 Å². The number of aryl methyl sites for hydroxylation is 2. The number of fused-ring (bicyclic) bond motifs is 1. The molecule has 1 amide bonds. The molecule has 150 valence electrons. The minimum absolute atomic E-state index is 0.126. The van der Waals surface area contributed by atoms with Crippen molar-refractivity contribution in [1.29, 1.82) is 0 Å². The zero-order valence-electron chi connectivity index (χ0n) is 16.6. The van der Waals surface area contributed by atoms with Gasteiger partial charge in [0.05, 0.1) is 6.54 Å². The Morgan fingerprint density at radius 3 is 2.69 bits per heavy atom. The molecule has 2 heterocycles. The summed E-state index contributed by atoms with van der Waals surface area (Å²) in [6, 6.07) is 16.1. The fraction of sp³-hybridized carbons (Fsp3) is 0.304. The van der Waals surface area contributed by atoms with Crippen LogP contribution in [0.25, 0.3) is 0 Å². The number of carbonyl (C=O) groups excluding carboxylic acids is 1. The molecule has 0 atom stereocenters. The van der Waals surface area contributed by atoms with Gasteiger partial charge >= 0.3 is 0 Å². The molecule has 0 saturated heterocycles. The molecule has 1 aliphatic heterocycles. The van der Waals surface area contributed by atoms with Crippen LogP contribution >= 0.6 is 0 Å². The van der Waals surface area contributed by atoms with Crippen LogP contribution in [0.3, 0.4) is 0 Å². The highest BCUT2D eigenvalue weighted by atomic mass is 16.7. The predicted octanol–water partition coefficient (Wildman–Crippen LogP) is 3.35. The summed E-state index contributed by atoms with van der Waals surface area (Å²) in [5, 5.41) is 0. The average molecular weight is 391 g/mol. The van der Waals surface area contributed by atoms with Crippen LogP contribution in [0.2, 0.25) is 0 Å². The van der Waals surface area contributed by atoms with Crippen LogP contribution in [-0.4, -0.2) is 33.7 Å². The molecule has 2 aromatic carbocycles. The summed E-state index contributed by atoms with van der Waals surface area (Å²) < 4.78 is 12.7. The van der Waals surface area contributed by atoms with E-state index in [4.69, 9.17) is 9.47 Å². The summed E-state index contributed by atoms with van der Waals surface area (Å²) in [5.74, 6) is 2.53. The molecule has 1 aromatic heterocycles. The molecule has 6 nitrogen and oxygen atoms in total. The topological polar surface area (TPSA) is 56.6 Å². The van der Waals surface area contributed by atoms with E-state index in [0.29, 0.717) is 25.9 Å². The lowest BCUT2D eigenvalue weighted by Crippen LogP contribution is -2.33. The number of imidazole rings is 1. The van der Waals surface area contributed by atoms with Gasteiger partial charge in [0.15, 0.2) is 11.5 Å². The Labute approximate surface area is 170 Å². The fourth-order valence-electron chi connectivity index (χ4n) is 3.43. The highest BCUT2D eigenvalue weighted by Crippen LogP contribution is 2.32. The third-order valence-corrected chi connectivity index (χ3v) is 5.18. The summed E-state index contributed by atoms with van der Waals surface area (Å²) in [5.41, 5.74) is 2.29. The average Bonchev–Trinajstić information content (AvgIpc) is 3.38. The number of amides is 1. The van der Waals surface area contributed by atoms with Crippen LogP contribution in [-0.2, 0) is 31.2 Å². The van der Waals surface area contributed by atoms with Gasteiger partial charge in [0.1, 0.15) is 5.82 Å². The van der Waals surface area contributed by atoms with Gasteiger partial charge < -0.3 is 18.9 Å². The zero-order valence-corrected chi connectivity index (χ0v) is 16.6. The number of aromatic nitrogens is 2. The van der Waals surface area contributed by atoms with Crippen LogP contribution < -0.4 is 9.47 Å². The van der Waals surface area contributed by atoms with E-state index in [1.165, 1.54) is 5.56 Å². The summed E-state index contributed by atoms with van der Waals surface area (Å²) in [4.78, 5) is 19.3. The largest absolute Gasteiger partial charge is 0.454 e. The quantitative estimate of drug-likeness (QED) is 0.591. The van der Waals surface area contributed by atoms with Crippen molar-refractivity contribution in [3.63, 3.8) is 0 Å². The van der Waals surface area contributed by atoms with E-state index >= 15 is 0 Å². The lowest BCUT2D eigenvalue weighted by atomic mass is 10.1. The Balaban J connectivity index is 1.41. The molecular formula is C23H25N3O3. The number of hydrogen-bond acceptors (Lipinski definition) is 4. The van der Waals surface area contributed by atoms with E-state index in [0.717, 1.165) is 29.3 Å². The van der Waals surface area contributed by atoms with Crippen molar-refractivity contribution in [2.75, 3.05) is 13.3 Å². The van der Waals surface area contributed by atoms with Crippen molar-refractivity contribution in [2.24, 2.45) is 7.05 Å². The zero-order chi connectivity index (χ0) is 20.1. The standard InChI is InChI=1S/C23H25N3O3/c1-25-14-12-24-22(25)16-26(13-11-18-5-3-2-4-6-18)23(27)10-8-19-7-9-20-21(15-19)29-17-28-20/h2-7,9,12,14-15H,8,10-11,13,16-17H2,1H3. The first-order valence-electron chi connectivity index (χ1n) is 9.85. The smallest absolute Gasteiger partial charge is 0.231 e. The SMILES string of the molecule is Cn1ccnc1CN(CCc1ccccc1)C(=O)CCc1ccc2c(c1)OCO2. The molecular weight excluding hydrogens is 366 g/mol. The summed E-state index contributed by atoms with van der Waals surface area (Å²) in [7, 11) is 1.95. The summed E-state index contributed by atoms with van der Waals surface area (Å²) in [6.07, 6.45) is 5.60. The molecule has 6 heteroatoms. The van der Waals surface area contributed by atoms with Crippen LogP contribution in [0.15, 0.2) is 60.9 Å². The molecule has 1 aliphatic rings. The Bertz CT molecular complexity index is 969. The van der Waals surface area contributed by atoms with Gasteiger partial charge in [0.25, 0.3) is 0 Å². The molecule has 0 aliphatic carbocycles. The number of carbonyl (C=O) groups is 1. The summed E-state index contributed by atoms with van der Waals surface area (Å²) >= 11 is 0. The van der Waals surface area contributed by atoms with Crippen molar-refractivity contribution in [3.05, 3.63) is 77.9 Å². The maximum Gasteiger partial charge on any atom is 0.231 e. The first-order valence-corrected chi connectivity index (χ1v) is 9.85. The number of benzene rings is 2. The van der Waals surface area contributed by atoms with Gasteiger partial charge in [0, 0.05) is 32.4 Å². The van der Waals surface area contributed by atoms with E-state index in [1.54, 1.807) is 6.20 Å². The second-order valence-electron chi connectivity index (χ2n) is 7.19. The first kappa shape index (κ1) is 19.1. The molecule has 0 radical (unpaired) electrons. The molecule has 0 fully saturated rings. The van der Waals surface area contributed by atoms with Gasteiger partial charge in [-0.05, 0) is 36.1 Å². The minimum Gasteiger partial charge on any atom is -0.454 e. The highest BCUT2D eigenvalue weighted by Gasteiger charge is 2.18. The van der Waals surface area contributed by atoms with Crippen molar-refractivity contribution in [1.82, 2.24) is 14.5 Å². The summed E-state index contributed by atoms with van der Waals surface area (Å²) in [6.45, 7) is 1.43. The third kappa shape index (κ3) is 4.77. The first-order chi connectivity index (χ1) is 14.2. The van der Waals surface area contributed by atoms with E-state index in [-0.39, 0.29) is 12.7 Å². The van der Waals surface area contributed by atoms with Gasteiger partial charge in [-0.1, -0.05) is 36.4 Å². The predicted molar refractivity (Wildman–Crippen MR) is 110 cm³/mol. The van der Waals surface area contributed by atoms with Crippen LogP contribution in [0.1, 0.15) is 23.4 Å². The van der Waals surface area contributed by atoms with Crippen LogP contribution in [0, 0.1) is 0 Å². The third-order valence-electron chi connectivity index (χ3n) is 5.18. The van der Waals surface area contributed by atoms with E-state index < -0.39 is 0 Å². The molecule has 29 heavy (non-hydrogen) atoms. The maximum absolute atomic E-state index is 13.0. The normalized spacial score (nSPS) is 12.2. The number of rotatable bonds is 8. The van der Waals surface area contributed by atoms with Crippen LogP contribution in [0.4, 0.5) is 0 Å². The molecule has 0 unspecified atom stereocenters. The molecule has 0 saturated carbocycles. The van der Waals surface area contributed by atoms with Gasteiger partial charge in [-0.15, -0.1) is 0 Å². The van der Waals surface area contributed by atoms with Crippen molar-refractivity contribution >= 4 is 5.91 Å². The second kappa shape index (κ2) is 8.82. The van der Waals surface area contributed by atoms with Crippen molar-refractivity contribution in [3.8, 4) is 11.5 Å². The molecule has 4 rings (SSSR count). The Kier molecular flexibility index (Phi) is 5.79. The Morgan fingerprint density at radius 1 is 1.07 bits per heavy atom. The van der Waals surface area contributed by atoms with Gasteiger partial charge in [0.2, 0.25) is 12.7 Å². The molecule has 0 spiro atoms. The molecule has 0 bridgehead atoms. The number of hydrogen-bond donors (Lipinski definition) is 0. The number of nitrogens with zero attached hydrogens (tertiary/aromatic N) is 3. The monoisotopic (exact) mass is 391 g/mol. The van der Waals surface area contributed by atoms with Gasteiger partial charge in [-0.25, -0.2) is 4.98 Å². The van der Waals surface area contributed by atoms with E-state index in [1.807, 2.05) is 59.1 Å². The minimum atomic E-state index is 0.126. The molecule has 3 aromatic rings. The lowest BCUT2D eigenvalue weighted by molar-refractivity contribution is -0.131. The van der Waals surface area contributed by atoms with Crippen molar-refractivity contribution < 1.29 is 14.3 Å². The fourth-order valence-corrected chi connectivity index (χ4v) is 3.43. The Hall–Kier alpha value is -3.28. The van der Waals surface area contributed by atoms with Gasteiger partial charge in [-0.3, -0.25) is 4.79 Å². The number of ether oxygens (including phenoxy) is 2. The highest BCUT2D eigenvalue weighted by molar-refractivity contribution is 5.76. The maximum atomic E-state index is 13.0. The van der Waals surface area contributed by atoms with Crippen molar-refractivity contribution in [2.45, 2.75) is 25.8 Å². The molecule has 0 N–H and O–H groups in total.